The van der Waals surface area contributed by atoms with Crippen molar-refractivity contribution in [3.63, 3.8) is 0 Å². The molecule has 168 valence electrons. The highest BCUT2D eigenvalue weighted by atomic mass is 32.2. The van der Waals surface area contributed by atoms with Gasteiger partial charge in [-0.2, -0.15) is 0 Å². The van der Waals surface area contributed by atoms with E-state index in [9.17, 15) is 13.2 Å². The van der Waals surface area contributed by atoms with Crippen LogP contribution in [0.2, 0.25) is 0 Å². The number of carbonyl (C=O) groups is 1. The number of hydrogen-bond acceptors (Lipinski definition) is 6. The van der Waals surface area contributed by atoms with Crippen LogP contribution in [0.3, 0.4) is 0 Å². The molecule has 1 aliphatic rings. The predicted molar refractivity (Wildman–Crippen MR) is 117 cm³/mol. The maximum atomic E-state index is 12.9. The van der Waals surface area contributed by atoms with Crippen LogP contribution in [0, 0.1) is 0 Å². The van der Waals surface area contributed by atoms with Gasteiger partial charge < -0.3 is 19.1 Å². The Bertz CT molecular complexity index is 1040. The minimum atomic E-state index is -3.81. The predicted octanol–water partition coefficient (Wildman–Crippen LogP) is 3.10. The lowest BCUT2D eigenvalue weighted by molar-refractivity contribution is -0.117. The fraction of sp³-hybridized carbons (Fsp3) is 0.409. The van der Waals surface area contributed by atoms with Crippen molar-refractivity contribution in [1.82, 2.24) is 4.72 Å². The average Bonchev–Trinajstić information content (AvgIpc) is 3.19. The standard InChI is InChI=1S/C22H28N2O6S/c1-4-29-20-10-8-16(13-21(20)30-5-2)15-23-31(26,27)17-9-11-19(28-3)18(14-17)24-12-6-7-22(24)25/h8-11,13-14,23H,4-7,12,15H2,1-3H3. The van der Waals surface area contributed by atoms with Gasteiger partial charge in [-0.15, -0.1) is 0 Å². The molecule has 2 aromatic carbocycles. The van der Waals surface area contributed by atoms with Crippen LogP contribution in [0.5, 0.6) is 17.2 Å². The van der Waals surface area contributed by atoms with Crippen LogP contribution in [0.25, 0.3) is 0 Å². The first-order valence-corrected chi connectivity index (χ1v) is 11.7. The molecule has 1 saturated heterocycles. The molecule has 0 unspecified atom stereocenters. The Morgan fingerprint density at radius 2 is 1.71 bits per heavy atom. The van der Waals surface area contributed by atoms with Crippen molar-refractivity contribution in [3.8, 4) is 17.2 Å². The number of carbonyl (C=O) groups excluding carboxylic acids is 1. The molecule has 0 spiro atoms. The van der Waals surface area contributed by atoms with Gasteiger partial charge in [0.2, 0.25) is 15.9 Å². The summed E-state index contributed by atoms with van der Waals surface area (Å²) in [6.45, 7) is 5.36. The van der Waals surface area contributed by atoms with Crippen molar-refractivity contribution in [3.05, 3.63) is 42.0 Å². The number of benzene rings is 2. The number of hydrogen-bond donors (Lipinski definition) is 1. The highest BCUT2D eigenvalue weighted by molar-refractivity contribution is 7.89. The van der Waals surface area contributed by atoms with Gasteiger partial charge in [-0.25, -0.2) is 13.1 Å². The zero-order valence-electron chi connectivity index (χ0n) is 18.0. The molecule has 1 N–H and O–H groups in total. The maximum Gasteiger partial charge on any atom is 0.240 e. The first kappa shape index (κ1) is 22.9. The number of sulfonamides is 1. The smallest absolute Gasteiger partial charge is 0.240 e. The Balaban J connectivity index is 1.81. The summed E-state index contributed by atoms with van der Waals surface area (Å²) in [7, 11) is -2.32. The first-order chi connectivity index (χ1) is 14.9. The Hall–Kier alpha value is -2.78. The Morgan fingerprint density at radius 1 is 1.00 bits per heavy atom. The molecule has 1 fully saturated rings. The molecule has 0 radical (unpaired) electrons. The third kappa shape index (κ3) is 5.29. The van der Waals surface area contributed by atoms with E-state index in [1.807, 2.05) is 13.8 Å². The summed E-state index contributed by atoms with van der Waals surface area (Å²) >= 11 is 0. The molecule has 0 aliphatic carbocycles. The van der Waals surface area contributed by atoms with Gasteiger partial charge in [-0.3, -0.25) is 4.79 Å². The van der Waals surface area contributed by atoms with Crippen molar-refractivity contribution < 1.29 is 27.4 Å². The monoisotopic (exact) mass is 448 g/mol. The third-order valence-corrected chi connectivity index (χ3v) is 6.30. The number of methoxy groups -OCH3 is 1. The second-order valence-corrected chi connectivity index (χ2v) is 8.72. The molecule has 9 heteroatoms. The van der Waals surface area contributed by atoms with Crippen LogP contribution in [0.4, 0.5) is 5.69 Å². The Morgan fingerprint density at radius 3 is 2.35 bits per heavy atom. The van der Waals surface area contributed by atoms with Crippen molar-refractivity contribution in [2.45, 2.75) is 38.1 Å². The second-order valence-electron chi connectivity index (χ2n) is 6.95. The van der Waals surface area contributed by atoms with Crippen molar-refractivity contribution in [1.29, 1.82) is 0 Å². The fourth-order valence-electron chi connectivity index (χ4n) is 3.42. The largest absolute Gasteiger partial charge is 0.495 e. The van der Waals surface area contributed by atoms with Gasteiger partial charge in [0.25, 0.3) is 0 Å². The third-order valence-electron chi connectivity index (χ3n) is 4.90. The van der Waals surface area contributed by atoms with Gasteiger partial charge in [0.1, 0.15) is 5.75 Å². The maximum absolute atomic E-state index is 12.9. The van der Waals surface area contributed by atoms with E-state index in [-0.39, 0.29) is 17.3 Å². The summed E-state index contributed by atoms with van der Waals surface area (Å²) < 4.78 is 44.9. The van der Waals surface area contributed by atoms with E-state index in [0.717, 1.165) is 12.0 Å². The molecule has 0 saturated carbocycles. The second kappa shape index (κ2) is 10.0. The van der Waals surface area contributed by atoms with E-state index in [4.69, 9.17) is 14.2 Å². The highest BCUT2D eigenvalue weighted by Crippen LogP contribution is 2.34. The van der Waals surface area contributed by atoms with Crippen LogP contribution >= 0.6 is 0 Å². The number of nitrogens with one attached hydrogen (secondary N) is 1. The average molecular weight is 449 g/mol. The van der Waals surface area contributed by atoms with E-state index in [2.05, 4.69) is 4.72 Å². The number of ether oxygens (including phenoxy) is 3. The molecule has 1 heterocycles. The van der Waals surface area contributed by atoms with Crippen molar-refractivity contribution in [2.24, 2.45) is 0 Å². The van der Waals surface area contributed by atoms with E-state index < -0.39 is 10.0 Å². The summed E-state index contributed by atoms with van der Waals surface area (Å²) in [4.78, 5) is 13.8. The molecule has 3 rings (SSSR count). The molecular weight excluding hydrogens is 420 g/mol. The van der Waals surface area contributed by atoms with Gasteiger partial charge in [-0.1, -0.05) is 6.07 Å². The highest BCUT2D eigenvalue weighted by Gasteiger charge is 2.26. The van der Waals surface area contributed by atoms with E-state index in [0.29, 0.717) is 49.1 Å². The van der Waals surface area contributed by atoms with Gasteiger partial charge >= 0.3 is 0 Å². The topological polar surface area (TPSA) is 94.2 Å². The molecule has 2 aromatic rings. The molecular formula is C22H28N2O6S. The van der Waals surface area contributed by atoms with Gasteiger partial charge in [0.15, 0.2) is 11.5 Å². The summed E-state index contributed by atoms with van der Waals surface area (Å²) in [6, 6.07) is 9.84. The molecule has 8 nitrogen and oxygen atoms in total. The van der Waals surface area contributed by atoms with Crippen LogP contribution in [-0.4, -0.2) is 41.2 Å². The molecule has 1 amide bonds. The van der Waals surface area contributed by atoms with Crippen molar-refractivity contribution >= 4 is 21.6 Å². The molecule has 1 aliphatic heterocycles. The zero-order chi connectivity index (χ0) is 22.4. The van der Waals surface area contributed by atoms with Crippen LogP contribution < -0.4 is 23.8 Å². The Labute approximate surface area is 183 Å². The SMILES string of the molecule is CCOc1ccc(CNS(=O)(=O)c2ccc(OC)c(N3CCCC3=O)c2)cc1OCC. The fourth-order valence-corrected chi connectivity index (χ4v) is 4.46. The lowest BCUT2D eigenvalue weighted by Crippen LogP contribution is -2.26. The summed E-state index contributed by atoms with van der Waals surface area (Å²) in [6.07, 6.45) is 1.18. The number of rotatable bonds is 10. The first-order valence-electron chi connectivity index (χ1n) is 10.3. The minimum absolute atomic E-state index is 0.0429. The Kier molecular flexibility index (Phi) is 7.40. The molecule has 0 aromatic heterocycles. The van der Waals surface area contributed by atoms with Crippen molar-refractivity contribution in [2.75, 3.05) is 31.8 Å². The van der Waals surface area contributed by atoms with Crippen LogP contribution in [-0.2, 0) is 21.4 Å². The van der Waals surface area contributed by atoms with Crippen LogP contribution in [0.15, 0.2) is 41.3 Å². The van der Waals surface area contributed by atoms with E-state index in [1.165, 1.54) is 19.2 Å². The molecule has 0 atom stereocenters. The summed E-state index contributed by atoms with van der Waals surface area (Å²) in [5, 5.41) is 0. The summed E-state index contributed by atoms with van der Waals surface area (Å²) in [5.41, 5.74) is 1.20. The number of anilines is 1. The normalized spacial score (nSPS) is 14.0. The quantitative estimate of drug-likeness (QED) is 0.600. The van der Waals surface area contributed by atoms with Gasteiger partial charge in [0, 0.05) is 19.5 Å². The zero-order valence-corrected chi connectivity index (χ0v) is 18.8. The van der Waals surface area contributed by atoms with Gasteiger partial charge in [0.05, 0.1) is 30.9 Å². The van der Waals surface area contributed by atoms with E-state index in [1.54, 1.807) is 29.2 Å². The van der Waals surface area contributed by atoms with Crippen LogP contribution in [0.1, 0.15) is 32.3 Å². The van der Waals surface area contributed by atoms with E-state index >= 15 is 0 Å². The number of nitrogens with zero attached hydrogens (tertiary/aromatic N) is 1. The lowest BCUT2D eigenvalue weighted by atomic mass is 10.2. The minimum Gasteiger partial charge on any atom is -0.495 e. The van der Waals surface area contributed by atoms with Gasteiger partial charge in [-0.05, 0) is 56.2 Å². The lowest BCUT2D eigenvalue weighted by Gasteiger charge is -2.20. The summed E-state index contributed by atoms with van der Waals surface area (Å²) in [5.74, 6) is 1.60. The molecule has 31 heavy (non-hydrogen) atoms. The molecule has 0 bridgehead atoms. The number of amides is 1.